The van der Waals surface area contributed by atoms with Gasteiger partial charge in [-0.1, -0.05) is 30.3 Å². The molecule has 0 saturated carbocycles. The van der Waals surface area contributed by atoms with E-state index < -0.39 is 0 Å². The predicted octanol–water partition coefficient (Wildman–Crippen LogP) is 3.53. The average molecular weight is 483 g/mol. The van der Waals surface area contributed by atoms with Crippen molar-refractivity contribution in [1.29, 1.82) is 0 Å². The Labute approximate surface area is 206 Å². The Morgan fingerprint density at radius 2 is 1.80 bits per heavy atom. The molecule has 0 bridgehead atoms. The van der Waals surface area contributed by atoms with Crippen LogP contribution in [0.1, 0.15) is 31.9 Å². The molecule has 2 atom stereocenters. The minimum absolute atomic E-state index is 0.105. The molecule has 2 aromatic rings. The number of hydrogen-bond acceptors (Lipinski definition) is 5. The lowest BCUT2D eigenvalue weighted by Gasteiger charge is -2.41. The van der Waals surface area contributed by atoms with Crippen LogP contribution in [-0.4, -0.2) is 74.1 Å². The first-order valence-electron chi connectivity index (χ1n) is 12.5. The lowest BCUT2D eigenvalue weighted by Crippen LogP contribution is -2.51. The third-order valence-electron chi connectivity index (χ3n) is 6.96. The fraction of sp³-hybridized carbons (Fsp3) is 0.481. The summed E-state index contributed by atoms with van der Waals surface area (Å²) in [6, 6.07) is 14.4. The Bertz CT molecular complexity index is 1000. The minimum atomic E-state index is -0.363. The maximum atomic E-state index is 15.0. The standard InChI is InChI=1S/C27H35FN4O3/c1-3-30(4-2)27(34)25(20-8-6-5-7-9-20)32-15-13-31(14-16-32)24-11-10-22(18-23(24)28)29-26(33)21-12-17-35-19-21/h5-11,18,21,25H,3-4,12-17,19H2,1-2H3,(H,29,33)/t21?,25-/m0/s1. The fourth-order valence-corrected chi connectivity index (χ4v) is 4.90. The summed E-state index contributed by atoms with van der Waals surface area (Å²) in [4.78, 5) is 31.8. The van der Waals surface area contributed by atoms with Crippen LogP contribution in [0.3, 0.4) is 0 Å². The molecule has 35 heavy (non-hydrogen) atoms. The predicted molar refractivity (Wildman–Crippen MR) is 135 cm³/mol. The SMILES string of the molecule is CCN(CC)C(=O)[C@H](c1ccccc1)N1CCN(c2ccc(NC(=O)C3CCOC3)cc2F)CC1. The van der Waals surface area contributed by atoms with E-state index in [1.807, 2.05) is 54.0 Å². The molecule has 2 saturated heterocycles. The summed E-state index contributed by atoms with van der Waals surface area (Å²) in [5.74, 6) is -0.568. The number of hydrogen-bond donors (Lipinski definition) is 1. The van der Waals surface area contributed by atoms with Gasteiger partial charge in [-0.15, -0.1) is 0 Å². The number of nitrogens with one attached hydrogen (secondary N) is 1. The van der Waals surface area contributed by atoms with E-state index >= 15 is 4.39 Å². The van der Waals surface area contributed by atoms with Crippen molar-refractivity contribution in [2.24, 2.45) is 5.92 Å². The largest absolute Gasteiger partial charge is 0.381 e. The summed E-state index contributed by atoms with van der Waals surface area (Å²) in [5, 5.41) is 2.80. The number of likely N-dealkylation sites (N-methyl/N-ethyl adjacent to an activating group) is 1. The van der Waals surface area contributed by atoms with E-state index in [1.54, 1.807) is 12.1 Å². The molecule has 0 spiro atoms. The van der Waals surface area contributed by atoms with Crippen LogP contribution in [0.4, 0.5) is 15.8 Å². The van der Waals surface area contributed by atoms with Crippen molar-refractivity contribution in [3.8, 4) is 0 Å². The molecule has 1 unspecified atom stereocenters. The molecule has 2 aromatic carbocycles. The van der Waals surface area contributed by atoms with Crippen molar-refractivity contribution >= 4 is 23.2 Å². The second kappa shape index (κ2) is 11.6. The van der Waals surface area contributed by atoms with Gasteiger partial charge in [0.1, 0.15) is 11.9 Å². The van der Waals surface area contributed by atoms with Gasteiger partial charge in [-0.25, -0.2) is 4.39 Å². The Hall–Kier alpha value is -2.97. The van der Waals surface area contributed by atoms with Gasteiger partial charge in [0.25, 0.3) is 0 Å². The molecule has 7 nitrogen and oxygen atoms in total. The number of carbonyl (C=O) groups is 2. The lowest BCUT2D eigenvalue weighted by molar-refractivity contribution is -0.137. The summed E-state index contributed by atoms with van der Waals surface area (Å²) in [6.07, 6.45) is 0.692. The monoisotopic (exact) mass is 482 g/mol. The van der Waals surface area contributed by atoms with Gasteiger partial charge >= 0.3 is 0 Å². The zero-order valence-corrected chi connectivity index (χ0v) is 20.6. The quantitative estimate of drug-likeness (QED) is 0.624. The third kappa shape index (κ3) is 5.82. The smallest absolute Gasteiger partial charge is 0.244 e. The Kier molecular flexibility index (Phi) is 8.36. The van der Waals surface area contributed by atoms with Gasteiger partial charge in [-0.05, 0) is 44.0 Å². The van der Waals surface area contributed by atoms with Gasteiger partial charge in [-0.3, -0.25) is 14.5 Å². The molecule has 2 aliphatic heterocycles. The van der Waals surface area contributed by atoms with E-state index in [9.17, 15) is 9.59 Å². The van der Waals surface area contributed by atoms with E-state index in [2.05, 4.69) is 10.2 Å². The molecule has 0 aromatic heterocycles. The Balaban J connectivity index is 1.43. The number of benzene rings is 2. The minimum Gasteiger partial charge on any atom is -0.381 e. The molecule has 188 valence electrons. The Morgan fingerprint density at radius 1 is 1.09 bits per heavy atom. The number of anilines is 2. The maximum Gasteiger partial charge on any atom is 0.244 e. The number of halogens is 1. The summed E-state index contributed by atoms with van der Waals surface area (Å²) in [7, 11) is 0. The Morgan fingerprint density at radius 3 is 2.40 bits per heavy atom. The van der Waals surface area contributed by atoms with Crippen LogP contribution in [0.15, 0.2) is 48.5 Å². The number of amides is 2. The molecule has 2 aliphatic rings. The van der Waals surface area contributed by atoms with Crippen LogP contribution in [0.5, 0.6) is 0 Å². The molecule has 2 amide bonds. The highest BCUT2D eigenvalue weighted by Crippen LogP contribution is 2.29. The van der Waals surface area contributed by atoms with Crippen molar-refractivity contribution in [2.45, 2.75) is 26.3 Å². The first kappa shape index (κ1) is 25.1. The molecule has 1 N–H and O–H groups in total. The molecule has 0 aliphatic carbocycles. The van der Waals surface area contributed by atoms with Crippen molar-refractivity contribution < 1.29 is 18.7 Å². The lowest BCUT2D eigenvalue weighted by atomic mass is 10.0. The topological polar surface area (TPSA) is 65.1 Å². The molecular formula is C27H35FN4O3. The fourth-order valence-electron chi connectivity index (χ4n) is 4.90. The van der Waals surface area contributed by atoms with E-state index in [0.29, 0.717) is 70.3 Å². The molecule has 8 heteroatoms. The molecule has 2 fully saturated rings. The van der Waals surface area contributed by atoms with Gasteiger partial charge in [-0.2, -0.15) is 0 Å². The van der Waals surface area contributed by atoms with Crippen LogP contribution >= 0.6 is 0 Å². The van der Waals surface area contributed by atoms with Crippen LogP contribution in [0.25, 0.3) is 0 Å². The highest BCUT2D eigenvalue weighted by molar-refractivity contribution is 5.93. The van der Waals surface area contributed by atoms with Gasteiger partial charge in [0, 0.05) is 51.6 Å². The second-order valence-corrected chi connectivity index (χ2v) is 9.06. The summed E-state index contributed by atoms with van der Waals surface area (Å²) in [6.45, 7) is 8.84. The van der Waals surface area contributed by atoms with Gasteiger partial charge in [0.15, 0.2) is 0 Å². The van der Waals surface area contributed by atoms with Crippen molar-refractivity contribution in [3.63, 3.8) is 0 Å². The highest BCUT2D eigenvalue weighted by Gasteiger charge is 2.33. The summed E-state index contributed by atoms with van der Waals surface area (Å²) >= 11 is 0. The first-order valence-corrected chi connectivity index (χ1v) is 12.5. The zero-order valence-electron chi connectivity index (χ0n) is 20.6. The number of carbonyl (C=O) groups excluding carboxylic acids is 2. The van der Waals surface area contributed by atoms with Gasteiger partial charge in [0.2, 0.25) is 11.8 Å². The normalized spacial score (nSPS) is 19.4. The van der Waals surface area contributed by atoms with Gasteiger partial charge in [0.05, 0.1) is 18.2 Å². The van der Waals surface area contributed by atoms with E-state index in [4.69, 9.17) is 4.74 Å². The van der Waals surface area contributed by atoms with Crippen molar-refractivity contribution in [1.82, 2.24) is 9.80 Å². The van der Waals surface area contributed by atoms with Crippen LogP contribution in [0, 0.1) is 11.7 Å². The van der Waals surface area contributed by atoms with Crippen molar-refractivity contribution in [2.75, 3.05) is 62.7 Å². The van der Waals surface area contributed by atoms with E-state index in [1.165, 1.54) is 6.07 Å². The van der Waals surface area contributed by atoms with Crippen LogP contribution in [-0.2, 0) is 14.3 Å². The molecule has 0 radical (unpaired) electrons. The number of nitrogens with zero attached hydrogens (tertiary/aromatic N) is 3. The maximum absolute atomic E-state index is 15.0. The van der Waals surface area contributed by atoms with E-state index in [0.717, 1.165) is 5.56 Å². The second-order valence-electron chi connectivity index (χ2n) is 9.06. The highest BCUT2D eigenvalue weighted by atomic mass is 19.1. The van der Waals surface area contributed by atoms with Crippen LogP contribution in [0.2, 0.25) is 0 Å². The summed E-state index contributed by atoms with van der Waals surface area (Å²) < 4.78 is 20.3. The number of piperazine rings is 1. The summed E-state index contributed by atoms with van der Waals surface area (Å²) in [5.41, 5.74) is 1.95. The van der Waals surface area contributed by atoms with Crippen molar-refractivity contribution in [3.05, 3.63) is 59.9 Å². The van der Waals surface area contributed by atoms with Crippen LogP contribution < -0.4 is 10.2 Å². The molecule has 4 rings (SSSR count). The third-order valence-corrected chi connectivity index (χ3v) is 6.96. The molecular weight excluding hydrogens is 447 g/mol. The number of rotatable bonds is 8. The number of ether oxygens (including phenoxy) is 1. The van der Waals surface area contributed by atoms with Gasteiger partial charge < -0.3 is 19.9 Å². The average Bonchev–Trinajstić information content (AvgIpc) is 3.42. The molecule has 2 heterocycles. The zero-order chi connectivity index (χ0) is 24.8. The van der Waals surface area contributed by atoms with E-state index in [-0.39, 0.29) is 29.6 Å². The first-order chi connectivity index (χ1) is 17.0.